The second-order valence-corrected chi connectivity index (χ2v) is 4.05. The molecule has 4 heteroatoms. The van der Waals surface area contributed by atoms with Crippen molar-refractivity contribution in [2.45, 2.75) is 51.9 Å². The molecule has 0 unspecified atom stereocenters. The van der Waals surface area contributed by atoms with Crippen LogP contribution in [0.4, 0.5) is 4.79 Å². The maximum Gasteiger partial charge on any atom is 0.316 e. The molecule has 0 spiro atoms. The van der Waals surface area contributed by atoms with Crippen LogP contribution < -0.4 is 10.6 Å². The molecule has 0 aromatic rings. The third-order valence-electron chi connectivity index (χ3n) is 2.48. The summed E-state index contributed by atoms with van der Waals surface area (Å²) in [6.45, 7) is 2.51. The Morgan fingerprint density at radius 2 is 1.76 bits per heavy atom. The van der Waals surface area contributed by atoms with E-state index < -0.39 is 0 Å². The van der Waals surface area contributed by atoms with Crippen LogP contribution in [0.15, 0.2) is 12.2 Å². The van der Waals surface area contributed by atoms with Crippen LogP contribution >= 0.6 is 0 Å². The number of amides is 2. The van der Waals surface area contributed by atoms with Crippen molar-refractivity contribution in [2.75, 3.05) is 13.3 Å². The van der Waals surface area contributed by atoms with Crippen molar-refractivity contribution in [1.82, 2.24) is 10.6 Å². The number of hydrogen-bond acceptors (Lipinski definition) is 2. The van der Waals surface area contributed by atoms with Gasteiger partial charge in [0.15, 0.2) is 0 Å². The summed E-state index contributed by atoms with van der Waals surface area (Å²) in [5, 5.41) is 13.3. The fourth-order valence-corrected chi connectivity index (χ4v) is 1.50. The molecule has 0 aromatic carbocycles. The second kappa shape index (κ2) is 13.0. The standard InChI is InChI=1S/C13H26N2O2/c1-2-3-4-5-6-7-8-9-10-11-14-13(17)15-12-16/h8-9,16H,2-7,10-12H2,1H3,(H2,14,15,17)/b9-8+. The van der Waals surface area contributed by atoms with Crippen molar-refractivity contribution in [1.29, 1.82) is 0 Å². The van der Waals surface area contributed by atoms with Crippen molar-refractivity contribution < 1.29 is 9.90 Å². The lowest BCUT2D eigenvalue weighted by Gasteiger charge is -2.02. The van der Waals surface area contributed by atoms with Crippen LogP contribution in [0.3, 0.4) is 0 Å². The summed E-state index contributed by atoms with van der Waals surface area (Å²) in [6.07, 6.45) is 12.8. The van der Waals surface area contributed by atoms with Crippen LogP contribution in [0, 0.1) is 0 Å². The Morgan fingerprint density at radius 1 is 1.06 bits per heavy atom. The molecular formula is C13H26N2O2. The minimum Gasteiger partial charge on any atom is -0.376 e. The number of aliphatic hydroxyl groups excluding tert-OH is 1. The van der Waals surface area contributed by atoms with Gasteiger partial charge in [-0.25, -0.2) is 4.79 Å². The Kier molecular flexibility index (Phi) is 12.2. The lowest BCUT2D eigenvalue weighted by atomic mass is 10.1. The lowest BCUT2D eigenvalue weighted by Crippen LogP contribution is -2.36. The first kappa shape index (κ1) is 16.0. The van der Waals surface area contributed by atoms with Gasteiger partial charge in [-0.05, 0) is 19.3 Å². The molecule has 0 rings (SSSR count). The summed E-state index contributed by atoms with van der Waals surface area (Å²) in [4.78, 5) is 10.9. The monoisotopic (exact) mass is 242 g/mol. The number of nitrogens with one attached hydrogen (secondary N) is 2. The van der Waals surface area contributed by atoms with E-state index in [-0.39, 0.29) is 12.8 Å². The van der Waals surface area contributed by atoms with E-state index in [1.165, 1.54) is 32.1 Å². The van der Waals surface area contributed by atoms with Crippen LogP contribution in [0.5, 0.6) is 0 Å². The van der Waals surface area contributed by atoms with Crippen LogP contribution in [0.2, 0.25) is 0 Å². The zero-order valence-electron chi connectivity index (χ0n) is 10.9. The Balaban J connectivity index is 3.17. The number of allylic oxidation sites excluding steroid dienone is 1. The fourth-order valence-electron chi connectivity index (χ4n) is 1.50. The number of aliphatic hydroxyl groups is 1. The maximum absolute atomic E-state index is 10.9. The lowest BCUT2D eigenvalue weighted by molar-refractivity contribution is 0.218. The molecule has 0 aliphatic carbocycles. The maximum atomic E-state index is 10.9. The van der Waals surface area contributed by atoms with Gasteiger partial charge in [0, 0.05) is 6.54 Å². The van der Waals surface area contributed by atoms with Crippen molar-refractivity contribution >= 4 is 6.03 Å². The summed E-state index contributed by atoms with van der Waals surface area (Å²) in [5.74, 6) is 0. The summed E-state index contributed by atoms with van der Waals surface area (Å²) in [6, 6.07) is -0.319. The average molecular weight is 242 g/mol. The highest BCUT2D eigenvalue weighted by Gasteiger charge is 1.94. The van der Waals surface area contributed by atoms with Gasteiger partial charge in [0.2, 0.25) is 0 Å². The number of rotatable bonds is 10. The van der Waals surface area contributed by atoms with Gasteiger partial charge in [-0.1, -0.05) is 44.8 Å². The molecule has 4 nitrogen and oxygen atoms in total. The van der Waals surface area contributed by atoms with Gasteiger partial charge >= 0.3 is 6.03 Å². The number of carbonyl (C=O) groups excluding carboxylic acids is 1. The highest BCUT2D eigenvalue weighted by atomic mass is 16.3. The van der Waals surface area contributed by atoms with E-state index in [2.05, 4.69) is 29.7 Å². The Labute approximate surface area is 104 Å². The van der Waals surface area contributed by atoms with Crippen LogP contribution in [-0.4, -0.2) is 24.4 Å². The summed E-state index contributed by atoms with van der Waals surface area (Å²) in [5.41, 5.74) is 0. The molecule has 0 aliphatic heterocycles. The minimum atomic E-state index is -0.320. The molecule has 3 N–H and O–H groups in total. The number of unbranched alkanes of at least 4 members (excludes halogenated alkanes) is 5. The number of hydrogen-bond donors (Lipinski definition) is 3. The first-order chi connectivity index (χ1) is 8.31. The highest BCUT2D eigenvalue weighted by Crippen LogP contribution is 2.05. The smallest absolute Gasteiger partial charge is 0.316 e. The van der Waals surface area contributed by atoms with Crippen LogP contribution in [-0.2, 0) is 0 Å². The molecule has 17 heavy (non-hydrogen) atoms. The van der Waals surface area contributed by atoms with Crippen molar-refractivity contribution in [3.8, 4) is 0 Å². The van der Waals surface area contributed by atoms with Gasteiger partial charge in [0.1, 0.15) is 6.73 Å². The van der Waals surface area contributed by atoms with E-state index in [4.69, 9.17) is 5.11 Å². The Morgan fingerprint density at radius 3 is 2.47 bits per heavy atom. The van der Waals surface area contributed by atoms with Gasteiger partial charge in [0.05, 0.1) is 0 Å². The van der Waals surface area contributed by atoms with E-state index in [0.717, 1.165) is 12.8 Å². The molecule has 0 aliphatic rings. The summed E-state index contributed by atoms with van der Waals surface area (Å²) < 4.78 is 0. The van der Waals surface area contributed by atoms with Gasteiger partial charge in [0.25, 0.3) is 0 Å². The molecule has 0 fully saturated rings. The quantitative estimate of drug-likeness (QED) is 0.313. The van der Waals surface area contributed by atoms with Crippen molar-refractivity contribution in [3.05, 3.63) is 12.2 Å². The molecule has 0 heterocycles. The molecule has 100 valence electrons. The largest absolute Gasteiger partial charge is 0.376 e. The highest BCUT2D eigenvalue weighted by molar-refractivity contribution is 5.73. The van der Waals surface area contributed by atoms with Gasteiger partial charge in [-0.2, -0.15) is 0 Å². The second-order valence-electron chi connectivity index (χ2n) is 4.05. The first-order valence-electron chi connectivity index (χ1n) is 6.58. The van der Waals surface area contributed by atoms with Crippen LogP contribution in [0.25, 0.3) is 0 Å². The molecule has 0 aromatic heterocycles. The molecule has 0 radical (unpaired) electrons. The Bertz CT molecular complexity index is 206. The van der Waals surface area contributed by atoms with Gasteiger partial charge in [-0.3, -0.25) is 0 Å². The Hall–Kier alpha value is -1.03. The molecular weight excluding hydrogens is 216 g/mol. The SMILES string of the molecule is CCCCCCC/C=C/CCNC(=O)NCO. The molecule has 2 amide bonds. The van der Waals surface area contributed by atoms with E-state index in [9.17, 15) is 4.79 Å². The zero-order valence-corrected chi connectivity index (χ0v) is 10.9. The summed E-state index contributed by atoms with van der Waals surface area (Å²) in [7, 11) is 0. The number of carbonyl (C=O) groups is 1. The van der Waals surface area contributed by atoms with E-state index in [1.54, 1.807) is 0 Å². The third-order valence-corrected chi connectivity index (χ3v) is 2.48. The van der Waals surface area contributed by atoms with E-state index in [1.807, 2.05) is 0 Å². The number of urea groups is 1. The van der Waals surface area contributed by atoms with Gasteiger partial charge < -0.3 is 15.7 Å². The molecule has 0 bridgehead atoms. The molecule has 0 saturated heterocycles. The average Bonchev–Trinajstić information content (AvgIpc) is 2.32. The fraction of sp³-hybridized carbons (Fsp3) is 0.769. The molecule has 0 saturated carbocycles. The van der Waals surface area contributed by atoms with E-state index in [0.29, 0.717) is 6.54 Å². The zero-order chi connectivity index (χ0) is 12.8. The predicted molar refractivity (Wildman–Crippen MR) is 70.8 cm³/mol. The summed E-state index contributed by atoms with van der Waals surface area (Å²) >= 11 is 0. The predicted octanol–water partition coefficient (Wildman–Crippen LogP) is 2.54. The van der Waals surface area contributed by atoms with Crippen molar-refractivity contribution in [3.63, 3.8) is 0 Å². The molecule has 0 atom stereocenters. The minimum absolute atomic E-state index is 0.319. The third kappa shape index (κ3) is 12.9. The normalized spacial score (nSPS) is 10.7. The van der Waals surface area contributed by atoms with E-state index >= 15 is 0 Å². The van der Waals surface area contributed by atoms with Crippen molar-refractivity contribution in [2.24, 2.45) is 0 Å². The van der Waals surface area contributed by atoms with Gasteiger partial charge in [-0.15, -0.1) is 0 Å². The van der Waals surface area contributed by atoms with Crippen LogP contribution in [0.1, 0.15) is 51.9 Å². The first-order valence-corrected chi connectivity index (χ1v) is 6.58. The topological polar surface area (TPSA) is 61.4 Å².